The molecule has 0 fully saturated rings. The number of benzene rings is 2. The minimum Gasteiger partial charge on any atom is -0.497 e. The zero-order chi connectivity index (χ0) is 23.6. The van der Waals surface area contributed by atoms with Gasteiger partial charge in [-0.2, -0.15) is 5.26 Å². The molecule has 0 radical (unpaired) electrons. The number of carbonyl (C=O) groups excluding carboxylic acids is 1. The maximum atomic E-state index is 12.3. The first kappa shape index (κ1) is 24.1. The second kappa shape index (κ2) is 11.9. The van der Waals surface area contributed by atoms with Crippen LogP contribution in [0.15, 0.2) is 59.6 Å². The second-order valence-corrected chi connectivity index (χ2v) is 8.26. The van der Waals surface area contributed by atoms with Crippen molar-refractivity contribution in [2.45, 2.75) is 24.8 Å². The lowest BCUT2D eigenvalue weighted by atomic mass is 9.99. The monoisotopic (exact) mass is 461 g/mol. The van der Waals surface area contributed by atoms with Crippen LogP contribution in [0.4, 0.5) is 0 Å². The summed E-state index contributed by atoms with van der Waals surface area (Å²) in [6, 6.07) is 19.4. The molecule has 0 atom stereocenters. The van der Waals surface area contributed by atoms with Gasteiger partial charge in [-0.3, -0.25) is 4.79 Å². The zero-order valence-corrected chi connectivity index (χ0v) is 19.9. The molecule has 170 valence electrons. The topological polar surface area (TPSA) is 84.2 Å². The SMILES string of the molecule is CCCCNC(=O)CSc1nc(-c2ccc(OC)cc2)cc(-c2ccc(OC)cc2)c1C#N. The van der Waals surface area contributed by atoms with Gasteiger partial charge in [-0.15, -0.1) is 0 Å². The van der Waals surface area contributed by atoms with Crippen LogP contribution in [-0.2, 0) is 4.79 Å². The van der Waals surface area contributed by atoms with Gasteiger partial charge in [0, 0.05) is 17.7 Å². The van der Waals surface area contributed by atoms with E-state index < -0.39 is 0 Å². The molecule has 0 saturated heterocycles. The average Bonchev–Trinajstić information content (AvgIpc) is 2.87. The van der Waals surface area contributed by atoms with E-state index in [0.29, 0.717) is 17.1 Å². The first-order valence-corrected chi connectivity index (χ1v) is 11.7. The number of unbranched alkanes of at least 4 members (excludes halogenated alkanes) is 1. The summed E-state index contributed by atoms with van der Waals surface area (Å²) in [5.41, 5.74) is 3.69. The van der Waals surface area contributed by atoms with E-state index in [9.17, 15) is 10.1 Å². The van der Waals surface area contributed by atoms with Gasteiger partial charge in [0.2, 0.25) is 5.91 Å². The van der Waals surface area contributed by atoms with Gasteiger partial charge in [-0.25, -0.2) is 4.98 Å². The van der Waals surface area contributed by atoms with Gasteiger partial charge in [0.25, 0.3) is 0 Å². The highest BCUT2D eigenvalue weighted by Crippen LogP contribution is 2.35. The number of amides is 1. The number of aromatic nitrogens is 1. The lowest BCUT2D eigenvalue weighted by Gasteiger charge is -2.13. The smallest absolute Gasteiger partial charge is 0.230 e. The number of pyridine rings is 1. The van der Waals surface area contributed by atoms with Crippen LogP contribution in [0.5, 0.6) is 11.5 Å². The summed E-state index contributed by atoms with van der Waals surface area (Å²) in [5.74, 6) is 1.61. The molecule has 0 aliphatic rings. The quantitative estimate of drug-likeness (QED) is 0.325. The van der Waals surface area contributed by atoms with E-state index in [0.717, 1.165) is 46.7 Å². The summed E-state index contributed by atoms with van der Waals surface area (Å²) in [4.78, 5) is 17.0. The largest absolute Gasteiger partial charge is 0.497 e. The molecule has 2 aromatic carbocycles. The minimum atomic E-state index is -0.0695. The van der Waals surface area contributed by atoms with Crippen LogP contribution in [-0.4, -0.2) is 37.4 Å². The Bertz CT molecular complexity index is 1120. The van der Waals surface area contributed by atoms with Crippen molar-refractivity contribution in [3.8, 4) is 40.0 Å². The van der Waals surface area contributed by atoms with Gasteiger partial charge in [-0.1, -0.05) is 37.2 Å². The van der Waals surface area contributed by atoms with Gasteiger partial charge < -0.3 is 14.8 Å². The molecule has 0 aliphatic carbocycles. The molecule has 1 heterocycles. The highest BCUT2D eigenvalue weighted by molar-refractivity contribution is 8.00. The molecule has 1 aromatic heterocycles. The van der Waals surface area contributed by atoms with Crippen LogP contribution in [0.25, 0.3) is 22.4 Å². The molecule has 1 amide bonds. The number of rotatable bonds is 10. The first-order chi connectivity index (χ1) is 16.1. The summed E-state index contributed by atoms with van der Waals surface area (Å²) in [5, 5.41) is 13.4. The molecular formula is C26H27N3O3S. The predicted octanol–water partition coefficient (Wildman–Crippen LogP) is 5.31. The van der Waals surface area contributed by atoms with Gasteiger partial charge in [0.05, 0.1) is 31.2 Å². The molecular weight excluding hydrogens is 434 g/mol. The summed E-state index contributed by atoms with van der Waals surface area (Å²) < 4.78 is 10.5. The van der Waals surface area contributed by atoms with Gasteiger partial charge in [0.1, 0.15) is 22.6 Å². The van der Waals surface area contributed by atoms with Crippen molar-refractivity contribution < 1.29 is 14.3 Å². The van der Waals surface area contributed by atoms with Crippen molar-refractivity contribution in [3.63, 3.8) is 0 Å². The number of hydrogen-bond donors (Lipinski definition) is 1. The number of carbonyl (C=O) groups is 1. The highest BCUT2D eigenvalue weighted by atomic mass is 32.2. The van der Waals surface area contributed by atoms with Crippen LogP contribution < -0.4 is 14.8 Å². The number of ether oxygens (including phenoxy) is 2. The molecule has 0 spiro atoms. The van der Waals surface area contributed by atoms with Crippen LogP contribution in [0.3, 0.4) is 0 Å². The fourth-order valence-electron chi connectivity index (χ4n) is 3.23. The van der Waals surface area contributed by atoms with Crippen molar-refractivity contribution in [1.29, 1.82) is 5.26 Å². The Labute approximate surface area is 199 Å². The van der Waals surface area contributed by atoms with Gasteiger partial charge in [-0.05, 0) is 54.4 Å². The van der Waals surface area contributed by atoms with Crippen molar-refractivity contribution >= 4 is 17.7 Å². The summed E-state index contributed by atoms with van der Waals surface area (Å²) in [6.07, 6.45) is 1.95. The number of nitrogens with zero attached hydrogens (tertiary/aromatic N) is 2. The maximum Gasteiger partial charge on any atom is 0.230 e. The van der Waals surface area contributed by atoms with Crippen molar-refractivity contribution in [2.24, 2.45) is 0 Å². The van der Waals surface area contributed by atoms with Gasteiger partial charge >= 0.3 is 0 Å². The molecule has 0 unspecified atom stereocenters. The van der Waals surface area contributed by atoms with E-state index in [1.807, 2.05) is 54.6 Å². The summed E-state index contributed by atoms with van der Waals surface area (Å²) >= 11 is 1.28. The Morgan fingerprint density at radius 2 is 1.64 bits per heavy atom. The van der Waals surface area contributed by atoms with Crippen LogP contribution >= 0.6 is 11.8 Å². The van der Waals surface area contributed by atoms with E-state index in [-0.39, 0.29) is 11.7 Å². The minimum absolute atomic E-state index is 0.0695. The van der Waals surface area contributed by atoms with Crippen molar-refractivity contribution in [2.75, 3.05) is 26.5 Å². The molecule has 33 heavy (non-hydrogen) atoms. The van der Waals surface area contributed by atoms with Gasteiger partial charge in [0.15, 0.2) is 0 Å². The standard InChI is InChI=1S/C26H27N3O3S/c1-4-5-14-28-25(30)17-33-26-23(16-27)22(18-6-10-20(31-2)11-7-18)15-24(29-26)19-8-12-21(32-3)13-9-19/h6-13,15H,4-5,14,17H2,1-3H3,(H,28,30). The van der Waals surface area contributed by atoms with E-state index in [1.165, 1.54) is 11.8 Å². The first-order valence-electron chi connectivity index (χ1n) is 10.7. The maximum absolute atomic E-state index is 12.3. The summed E-state index contributed by atoms with van der Waals surface area (Å²) in [6.45, 7) is 2.73. The van der Waals surface area contributed by atoms with Crippen LogP contribution in [0, 0.1) is 11.3 Å². The van der Waals surface area contributed by atoms with Crippen LogP contribution in [0.1, 0.15) is 25.3 Å². The highest BCUT2D eigenvalue weighted by Gasteiger charge is 2.17. The van der Waals surface area contributed by atoms with Crippen LogP contribution in [0.2, 0.25) is 0 Å². The van der Waals surface area contributed by atoms with E-state index in [2.05, 4.69) is 18.3 Å². The molecule has 3 rings (SSSR count). The third-order valence-corrected chi connectivity index (χ3v) is 6.05. The fraction of sp³-hybridized carbons (Fsp3) is 0.269. The predicted molar refractivity (Wildman–Crippen MR) is 132 cm³/mol. The van der Waals surface area contributed by atoms with E-state index in [1.54, 1.807) is 14.2 Å². The van der Waals surface area contributed by atoms with E-state index >= 15 is 0 Å². The Kier molecular flexibility index (Phi) is 8.73. The molecule has 1 N–H and O–H groups in total. The number of methoxy groups -OCH3 is 2. The third-order valence-electron chi connectivity index (χ3n) is 5.08. The Hall–Kier alpha value is -3.50. The lowest BCUT2D eigenvalue weighted by molar-refractivity contribution is -0.118. The molecule has 0 aliphatic heterocycles. The molecule has 7 heteroatoms. The number of hydrogen-bond acceptors (Lipinski definition) is 6. The second-order valence-electron chi connectivity index (χ2n) is 7.30. The average molecular weight is 462 g/mol. The normalized spacial score (nSPS) is 10.4. The molecule has 3 aromatic rings. The number of nitriles is 1. The van der Waals surface area contributed by atoms with E-state index in [4.69, 9.17) is 14.5 Å². The Balaban J connectivity index is 2.01. The number of thioether (sulfide) groups is 1. The molecule has 6 nitrogen and oxygen atoms in total. The molecule has 0 saturated carbocycles. The fourth-order valence-corrected chi connectivity index (χ4v) is 4.06. The van der Waals surface area contributed by atoms with Crippen molar-refractivity contribution in [3.05, 3.63) is 60.2 Å². The Morgan fingerprint density at radius 3 is 2.18 bits per heavy atom. The lowest BCUT2D eigenvalue weighted by Crippen LogP contribution is -2.26. The Morgan fingerprint density at radius 1 is 1.03 bits per heavy atom. The van der Waals surface area contributed by atoms with Crippen molar-refractivity contribution in [1.82, 2.24) is 10.3 Å². The molecule has 0 bridgehead atoms. The number of nitrogens with one attached hydrogen (secondary N) is 1. The summed E-state index contributed by atoms with van der Waals surface area (Å²) in [7, 11) is 3.24. The third kappa shape index (κ3) is 6.27. The zero-order valence-electron chi connectivity index (χ0n) is 19.1.